The van der Waals surface area contributed by atoms with Crippen LogP contribution < -0.4 is 5.32 Å². The molecule has 1 aliphatic rings. The molecule has 1 fully saturated rings. The molecule has 7 nitrogen and oxygen atoms in total. The number of pyridine rings is 1. The predicted octanol–water partition coefficient (Wildman–Crippen LogP) is 4.63. The minimum Gasteiger partial charge on any atom is -0.335 e. The largest absolute Gasteiger partial charge is 0.335 e. The van der Waals surface area contributed by atoms with Crippen molar-refractivity contribution >= 4 is 22.8 Å². The lowest BCUT2D eigenvalue weighted by Crippen LogP contribution is -2.17. The van der Waals surface area contributed by atoms with Gasteiger partial charge in [0.05, 0.1) is 17.1 Å². The number of hydrogen-bond donors (Lipinski definition) is 1. The molecule has 5 rings (SSSR count). The average molecular weight is 387 g/mol. The predicted molar refractivity (Wildman–Crippen MR) is 110 cm³/mol. The van der Waals surface area contributed by atoms with Gasteiger partial charge in [-0.05, 0) is 25.3 Å². The van der Waals surface area contributed by atoms with E-state index in [1.807, 2.05) is 36.4 Å². The zero-order chi connectivity index (χ0) is 19.8. The van der Waals surface area contributed by atoms with Gasteiger partial charge in [-0.2, -0.15) is 5.10 Å². The van der Waals surface area contributed by atoms with Crippen LogP contribution in [0, 0.1) is 0 Å². The maximum absolute atomic E-state index is 13.3. The Hall–Kier alpha value is -3.48. The standard InChI is InChI=1S/C22H21N5O2/c1-2-12-27-18(10-11-23-27)25-21(28)16-13-17(14-8-9-14)24-22-19(16)20(26-29-22)15-6-4-3-5-7-15/h3-7,10-11,13-14H,2,8-9,12H2,1H3,(H,25,28). The van der Waals surface area contributed by atoms with Crippen molar-refractivity contribution in [2.24, 2.45) is 0 Å². The second-order valence-electron chi connectivity index (χ2n) is 7.34. The number of aromatic nitrogens is 4. The quantitative estimate of drug-likeness (QED) is 0.521. The maximum atomic E-state index is 13.3. The van der Waals surface area contributed by atoms with E-state index in [-0.39, 0.29) is 5.91 Å². The van der Waals surface area contributed by atoms with Gasteiger partial charge < -0.3 is 9.84 Å². The lowest BCUT2D eigenvalue weighted by atomic mass is 10.0. The summed E-state index contributed by atoms with van der Waals surface area (Å²) in [6.45, 7) is 2.81. The van der Waals surface area contributed by atoms with E-state index < -0.39 is 0 Å². The van der Waals surface area contributed by atoms with Crippen LogP contribution in [0.4, 0.5) is 5.82 Å². The summed E-state index contributed by atoms with van der Waals surface area (Å²) < 4.78 is 7.35. The van der Waals surface area contributed by atoms with Gasteiger partial charge in [-0.3, -0.25) is 4.79 Å². The highest BCUT2D eigenvalue weighted by Gasteiger charge is 2.29. The Balaban J connectivity index is 1.61. The summed E-state index contributed by atoms with van der Waals surface area (Å²) in [5.41, 5.74) is 3.34. The molecule has 1 aliphatic carbocycles. The van der Waals surface area contributed by atoms with Crippen LogP contribution >= 0.6 is 0 Å². The van der Waals surface area contributed by atoms with Crippen LogP contribution in [0.5, 0.6) is 0 Å². The number of amides is 1. The zero-order valence-electron chi connectivity index (χ0n) is 16.1. The molecule has 4 aromatic rings. The van der Waals surface area contributed by atoms with Gasteiger partial charge in [0.1, 0.15) is 11.5 Å². The second kappa shape index (κ2) is 7.16. The highest BCUT2D eigenvalue weighted by molar-refractivity contribution is 6.14. The van der Waals surface area contributed by atoms with E-state index in [4.69, 9.17) is 4.52 Å². The monoisotopic (exact) mass is 387 g/mol. The number of hydrogen-bond acceptors (Lipinski definition) is 5. The van der Waals surface area contributed by atoms with E-state index in [0.29, 0.717) is 34.1 Å². The van der Waals surface area contributed by atoms with Gasteiger partial charge >= 0.3 is 0 Å². The van der Waals surface area contributed by atoms with Crippen LogP contribution in [0.25, 0.3) is 22.4 Å². The first-order valence-electron chi connectivity index (χ1n) is 9.93. The molecule has 7 heteroatoms. The molecule has 1 saturated carbocycles. The lowest BCUT2D eigenvalue weighted by Gasteiger charge is -2.10. The van der Waals surface area contributed by atoms with Crippen molar-refractivity contribution in [3.05, 3.63) is 59.9 Å². The molecule has 1 aromatic carbocycles. The number of aryl methyl sites for hydroxylation is 1. The van der Waals surface area contributed by atoms with Crippen molar-refractivity contribution in [2.45, 2.75) is 38.6 Å². The maximum Gasteiger partial charge on any atom is 0.259 e. The summed E-state index contributed by atoms with van der Waals surface area (Å²) in [5.74, 6) is 0.854. The minimum atomic E-state index is -0.211. The third-order valence-corrected chi connectivity index (χ3v) is 5.15. The van der Waals surface area contributed by atoms with E-state index in [1.165, 1.54) is 0 Å². The number of rotatable bonds is 6. The SMILES string of the molecule is CCCn1nccc1NC(=O)c1cc(C2CC2)nc2onc(-c3ccccc3)c12. The molecular formula is C22H21N5O2. The van der Waals surface area contributed by atoms with Crippen molar-refractivity contribution in [1.29, 1.82) is 0 Å². The molecule has 0 aliphatic heterocycles. The number of fused-ring (bicyclic) bond motifs is 1. The molecule has 1 N–H and O–H groups in total. The molecule has 3 aromatic heterocycles. The summed E-state index contributed by atoms with van der Waals surface area (Å²) in [5, 5.41) is 12.2. The summed E-state index contributed by atoms with van der Waals surface area (Å²) in [6, 6.07) is 13.4. The molecule has 3 heterocycles. The van der Waals surface area contributed by atoms with Crippen LogP contribution in [0.1, 0.15) is 48.2 Å². The smallest absolute Gasteiger partial charge is 0.259 e. The molecule has 1 amide bonds. The highest BCUT2D eigenvalue weighted by atomic mass is 16.5. The Morgan fingerprint density at radius 1 is 1.24 bits per heavy atom. The molecule has 0 spiro atoms. The highest BCUT2D eigenvalue weighted by Crippen LogP contribution is 2.41. The van der Waals surface area contributed by atoms with Gasteiger partial charge in [0.25, 0.3) is 11.6 Å². The Labute approximate surface area is 167 Å². The van der Waals surface area contributed by atoms with Crippen LogP contribution in [0.15, 0.2) is 53.2 Å². The molecule has 0 radical (unpaired) electrons. The average Bonchev–Trinajstić information content (AvgIpc) is 3.37. The normalized spacial score (nSPS) is 13.7. The van der Waals surface area contributed by atoms with Crippen molar-refractivity contribution in [1.82, 2.24) is 19.9 Å². The zero-order valence-corrected chi connectivity index (χ0v) is 16.1. The summed E-state index contributed by atoms with van der Waals surface area (Å²) >= 11 is 0. The van der Waals surface area contributed by atoms with E-state index >= 15 is 0 Å². The van der Waals surface area contributed by atoms with Gasteiger partial charge in [-0.25, -0.2) is 9.67 Å². The fourth-order valence-electron chi connectivity index (χ4n) is 3.54. The van der Waals surface area contributed by atoms with Crippen molar-refractivity contribution < 1.29 is 9.32 Å². The molecule has 0 saturated heterocycles. The third kappa shape index (κ3) is 3.29. The number of nitrogens with zero attached hydrogens (tertiary/aromatic N) is 4. The van der Waals surface area contributed by atoms with Gasteiger partial charge in [0.15, 0.2) is 0 Å². The van der Waals surface area contributed by atoms with Gasteiger partial charge in [0, 0.05) is 29.8 Å². The second-order valence-corrected chi connectivity index (χ2v) is 7.34. The summed E-state index contributed by atoms with van der Waals surface area (Å²) in [6.07, 6.45) is 4.79. The van der Waals surface area contributed by atoms with Crippen LogP contribution in [-0.4, -0.2) is 25.8 Å². The molecule has 29 heavy (non-hydrogen) atoms. The number of anilines is 1. The van der Waals surface area contributed by atoms with Crippen LogP contribution in [-0.2, 0) is 6.54 Å². The van der Waals surface area contributed by atoms with Gasteiger partial charge in [-0.15, -0.1) is 0 Å². The Kier molecular flexibility index (Phi) is 4.35. The first kappa shape index (κ1) is 17.6. The van der Waals surface area contributed by atoms with E-state index in [9.17, 15) is 4.79 Å². The Morgan fingerprint density at radius 2 is 2.07 bits per heavy atom. The van der Waals surface area contributed by atoms with Crippen molar-refractivity contribution in [3.8, 4) is 11.3 Å². The van der Waals surface area contributed by atoms with Crippen LogP contribution in [0.3, 0.4) is 0 Å². The van der Waals surface area contributed by atoms with Gasteiger partial charge in [0.2, 0.25) is 0 Å². The first-order valence-corrected chi connectivity index (χ1v) is 9.93. The summed E-state index contributed by atoms with van der Waals surface area (Å²) in [7, 11) is 0. The topological polar surface area (TPSA) is 85.8 Å². The molecular weight excluding hydrogens is 366 g/mol. The fraction of sp³-hybridized carbons (Fsp3) is 0.273. The van der Waals surface area contributed by atoms with Crippen LogP contribution in [0.2, 0.25) is 0 Å². The minimum absolute atomic E-state index is 0.211. The van der Waals surface area contributed by atoms with Crippen molar-refractivity contribution in [2.75, 3.05) is 5.32 Å². The number of carbonyl (C=O) groups is 1. The Morgan fingerprint density at radius 3 is 2.83 bits per heavy atom. The molecule has 0 unspecified atom stereocenters. The number of carbonyl (C=O) groups excluding carboxylic acids is 1. The van der Waals surface area contributed by atoms with Crippen molar-refractivity contribution in [3.63, 3.8) is 0 Å². The first-order chi connectivity index (χ1) is 14.2. The molecule has 146 valence electrons. The van der Waals surface area contributed by atoms with E-state index in [0.717, 1.165) is 37.1 Å². The third-order valence-electron chi connectivity index (χ3n) is 5.15. The molecule has 0 atom stereocenters. The number of benzene rings is 1. The molecule has 0 bridgehead atoms. The van der Waals surface area contributed by atoms with E-state index in [2.05, 4.69) is 27.5 Å². The summed E-state index contributed by atoms with van der Waals surface area (Å²) in [4.78, 5) is 18.0. The number of nitrogens with one attached hydrogen (secondary N) is 1. The van der Waals surface area contributed by atoms with E-state index in [1.54, 1.807) is 16.9 Å². The Bertz CT molecular complexity index is 1170. The lowest BCUT2D eigenvalue weighted by molar-refractivity contribution is 0.102. The fourth-order valence-corrected chi connectivity index (χ4v) is 3.54. The van der Waals surface area contributed by atoms with Gasteiger partial charge in [-0.1, -0.05) is 42.4 Å².